The Morgan fingerprint density at radius 3 is 2.69 bits per heavy atom. The Bertz CT molecular complexity index is 963. The number of aryl methyl sites for hydroxylation is 1. The van der Waals surface area contributed by atoms with Crippen molar-refractivity contribution in [2.45, 2.75) is 51.6 Å². The SMILES string of the molecule is Cc1nc(C2CCCCN2Cc2ccc(OCCN3CCCC3=O)cc2)ncc1C(N)=O. The number of carbonyl (C=O) groups excluding carboxylic acids is 2. The Balaban J connectivity index is 1.36. The fraction of sp³-hybridized carbons (Fsp3) is 0.500. The summed E-state index contributed by atoms with van der Waals surface area (Å²) in [5, 5.41) is 0. The number of ether oxygens (including phenoxy) is 1. The first-order valence-electron chi connectivity index (χ1n) is 11.4. The van der Waals surface area contributed by atoms with Crippen LogP contribution in [-0.4, -0.2) is 57.8 Å². The minimum absolute atomic E-state index is 0.123. The molecule has 2 N–H and O–H groups in total. The van der Waals surface area contributed by atoms with E-state index in [2.05, 4.69) is 27.0 Å². The maximum Gasteiger partial charge on any atom is 0.252 e. The zero-order valence-electron chi connectivity index (χ0n) is 18.6. The van der Waals surface area contributed by atoms with E-state index >= 15 is 0 Å². The van der Waals surface area contributed by atoms with E-state index in [1.165, 1.54) is 5.56 Å². The molecule has 3 heterocycles. The summed E-state index contributed by atoms with van der Waals surface area (Å²) >= 11 is 0. The number of aromatic nitrogens is 2. The van der Waals surface area contributed by atoms with Crippen molar-refractivity contribution in [2.24, 2.45) is 5.73 Å². The van der Waals surface area contributed by atoms with Gasteiger partial charge in [-0.3, -0.25) is 14.5 Å². The van der Waals surface area contributed by atoms with Gasteiger partial charge in [-0.1, -0.05) is 18.6 Å². The molecule has 32 heavy (non-hydrogen) atoms. The molecule has 0 radical (unpaired) electrons. The van der Waals surface area contributed by atoms with Crippen LogP contribution in [-0.2, 0) is 11.3 Å². The zero-order valence-corrected chi connectivity index (χ0v) is 18.6. The van der Waals surface area contributed by atoms with Crippen LogP contribution in [0.3, 0.4) is 0 Å². The lowest BCUT2D eigenvalue weighted by Gasteiger charge is -2.34. The topological polar surface area (TPSA) is 102 Å². The first-order chi connectivity index (χ1) is 15.5. The molecular formula is C24H31N5O3. The lowest BCUT2D eigenvalue weighted by Crippen LogP contribution is -2.34. The Hall–Kier alpha value is -3.00. The normalized spacial score (nSPS) is 19.3. The lowest BCUT2D eigenvalue weighted by atomic mass is 10.00. The molecule has 1 unspecified atom stereocenters. The Kier molecular flexibility index (Phi) is 6.99. The molecule has 1 aromatic heterocycles. The van der Waals surface area contributed by atoms with Crippen molar-refractivity contribution in [3.8, 4) is 5.75 Å². The first kappa shape index (κ1) is 22.2. The molecule has 2 saturated heterocycles. The summed E-state index contributed by atoms with van der Waals surface area (Å²) in [4.78, 5) is 36.5. The second-order valence-electron chi connectivity index (χ2n) is 8.55. The fourth-order valence-corrected chi connectivity index (χ4v) is 4.50. The largest absolute Gasteiger partial charge is 0.492 e. The highest BCUT2D eigenvalue weighted by molar-refractivity contribution is 5.93. The Labute approximate surface area is 188 Å². The standard InChI is InChI=1S/C24H31N5O3/c1-17-20(23(25)31)15-26-24(27-17)21-5-2-3-11-29(21)16-18-7-9-19(10-8-18)32-14-13-28-12-4-6-22(28)30/h7-10,15,21H,2-6,11-14,16H2,1H3,(H2,25,31). The molecule has 2 aromatic rings. The molecule has 4 rings (SSSR count). The van der Waals surface area contributed by atoms with Crippen molar-refractivity contribution >= 4 is 11.8 Å². The van der Waals surface area contributed by atoms with Gasteiger partial charge in [-0.15, -0.1) is 0 Å². The molecule has 0 aliphatic carbocycles. The van der Waals surface area contributed by atoms with Gasteiger partial charge < -0.3 is 15.4 Å². The van der Waals surface area contributed by atoms with Crippen molar-refractivity contribution in [3.63, 3.8) is 0 Å². The second-order valence-corrected chi connectivity index (χ2v) is 8.55. The second kappa shape index (κ2) is 10.1. The van der Waals surface area contributed by atoms with Gasteiger partial charge in [0.1, 0.15) is 18.2 Å². The first-order valence-corrected chi connectivity index (χ1v) is 11.4. The van der Waals surface area contributed by atoms with Crippen molar-refractivity contribution in [1.29, 1.82) is 0 Å². The van der Waals surface area contributed by atoms with Gasteiger partial charge in [0.25, 0.3) is 5.91 Å². The van der Waals surface area contributed by atoms with Crippen LogP contribution in [0.1, 0.15) is 65.6 Å². The molecule has 2 aliphatic heterocycles. The Morgan fingerprint density at radius 2 is 2.00 bits per heavy atom. The van der Waals surface area contributed by atoms with Crippen molar-refractivity contribution in [3.05, 3.63) is 53.1 Å². The molecule has 2 fully saturated rings. The number of likely N-dealkylation sites (tertiary alicyclic amines) is 2. The van der Waals surface area contributed by atoms with Gasteiger partial charge in [-0.2, -0.15) is 0 Å². The third-order valence-electron chi connectivity index (χ3n) is 6.29. The molecular weight excluding hydrogens is 406 g/mol. The van der Waals surface area contributed by atoms with E-state index in [9.17, 15) is 9.59 Å². The third-order valence-corrected chi connectivity index (χ3v) is 6.29. The van der Waals surface area contributed by atoms with Crippen molar-refractivity contribution in [1.82, 2.24) is 19.8 Å². The summed E-state index contributed by atoms with van der Waals surface area (Å²) in [6, 6.07) is 8.28. The average molecular weight is 438 g/mol. The lowest BCUT2D eigenvalue weighted by molar-refractivity contribution is -0.128. The van der Waals surface area contributed by atoms with Gasteiger partial charge >= 0.3 is 0 Å². The Morgan fingerprint density at radius 1 is 1.19 bits per heavy atom. The number of benzene rings is 1. The minimum atomic E-state index is -0.496. The fourth-order valence-electron chi connectivity index (χ4n) is 4.50. The van der Waals surface area contributed by atoms with Crippen LogP contribution in [0.5, 0.6) is 5.75 Å². The smallest absolute Gasteiger partial charge is 0.252 e. The van der Waals surface area contributed by atoms with E-state index in [-0.39, 0.29) is 11.9 Å². The van der Waals surface area contributed by atoms with E-state index in [0.29, 0.717) is 30.8 Å². The van der Waals surface area contributed by atoms with E-state index in [0.717, 1.165) is 56.9 Å². The molecule has 1 aromatic carbocycles. The van der Waals surface area contributed by atoms with Gasteiger partial charge in [0.15, 0.2) is 0 Å². The molecule has 2 amide bonds. The van der Waals surface area contributed by atoms with Gasteiger partial charge in [0, 0.05) is 25.7 Å². The van der Waals surface area contributed by atoms with Crippen molar-refractivity contribution < 1.29 is 14.3 Å². The predicted molar refractivity (Wildman–Crippen MR) is 120 cm³/mol. The molecule has 0 saturated carbocycles. The number of primary amides is 1. The molecule has 8 heteroatoms. The van der Waals surface area contributed by atoms with E-state index in [1.54, 1.807) is 13.1 Å². The van der Waals surface area contributed by atoms with Crippen LogP contribution in [0.2, 0.25) is 0 Å². The van der Waals surface area contributed by atoms with Crippen LogP contribution in [0.15, 0.2) is 30.5 Å². The summed E-state index contributed by atoms with van der Waals surface area (Å²) < 4.78 is 5.83. The van der Waals surface area contributed by atoms with Crippen LogP contribution in [0, 0.1) is 6.92 Å². The maximum atomic E-state index is 11.7. The molecule has 0 bridgehead atoms. The minimum Gasteiger partial charge on any atom is -0.492 e. The van der Waals surface area contributed by atoms with E-state index < -0.39 is 5.91 Å². The summed E-state index contributed by atoms with van der Waals surface area (Å²) in [6.45, 7) is 5.57. The number of hydrogen-bond acceptors (Lipinski definition) is 6. The zero-order chi connectivity index (χ0) is 22.5. The van der Waals surface area contributed by atoms with Crippen LogP contribution in [0.4, 0.5) is 0 Å². The highest BCUT2D eigenvalue weighted by Crippen LogP contribution is 2.30. The quantitative estimate of drug-likeness (QED) is 0.681. The number of carbonyl (C=O) groups is 2. The number of rotatable bonds is 8. The number of nitrogens with zero attached hydrogens (tertiary/aromatic N) is 4. The summed E-state index contributed by atoms with van der Waals surface area (Å²) in [5.41, 5.74) is 7.60. The molecule has 8 nitrogen and oxygen atoms in total. The summed E-state index contributed by atoms with van der Waals surface area (Å²) in [7, 11) is 0. The summed E-state index contributed by atoms with van der Waals surface area (Å²) in [6.07, 6.45) is 6.43. The van der Waals surface area contributed by atoms with Crippen molar-refractivity contribution in [2.75, 3.05) is 26.2 Å². The third kappa shape index (κ3) is 5.24. The number of nitrogens with two attached hydrogens (primary N) is 1. The average Bonchev–Trinajstić information content (AvgIpc) is 3.19. The van der Waals surface area contributed by atoms with Gasteiger partial charge in [-0.25, -0.2) is 9.97 Å². The van der Waals surface area contributed by atoms with E-state index in [1.807, 2.05) is 17.0 Å². The van der Waals surface area contributed by atoms with Gasteiger partial charge in [0.05, 0.1) is 23.8 Å². The predicted octanol–water partition coefficient (Wildman–Crippen LogP) is 2.61. The highest BCUT2D eigenvalue weighted by Gasteiger charge is 2.27. The van der Waals surface area contributed by atoms with Crippen LogP contribution < -0.4 is 10.5 Å². The highest BCUT2D eigenvalue weighted by atomic mass is 16.5. The van der Waals surface area contributed by atoms with Gasteiger partial charge in [0.2, 0.25) is 5.91 Å². The molecule has 2 aliphatic rings. The van der Waals surface area contributed by atoms with E-state index in [4.69, 9.17) is 10.5 Å². The monoisotopic (exact) mass is 437 g/mol. The summed E-state index contributed by atoms with van der Waals surface area (Å²) in [5.74, 6) is 1.30. The maximum absolute atomic E-state index is 11.7. The number of piperidine rings is 1. The van der Waals surface area contributed by atoms with Gasteiger partial charge in [-0.05, 0) is 50.4 Å². The van der Waals surface area contributed by atoms with Crippen LogP contribution in [0.25, 0.3) is 0 Å². The molecule has 170 valence electrons. The molecule has 1 atom stereocenters. The molecule has 0 spiro atoms. The number of amides is 2. The number of hydrogen-bond donors (Lipinski definition) is 1. The van der Waals surface area contributed by atoms with Crippen LogP contribution >= 0.6 is 0 Å².